The minimum atomic E-state index is -1.05. The summed E-state index contributed by atoms with van der Waals surface area (Å²) in [6.07, 6.45) is 0. The Labute approximate surface area is 157 Å². The summed E-state index contributed by atoms with van der Waals surface area (Å²) in [6, 6.07) is 11.1. The topological polar surface area (TPSA) is 80.0 Å². The number of hydrogen-bond donors (Lipinski definition) is 2. The summed E-state index contributed by atoms with van der Waals surface area (Å²) < 4.78 is 1.73. The molecule has 2 heterocycles. The maximum atomic E-state index is 11.6. The molecule has 0 aliphatic heterocycles. The molecular formula is C21H20N4O2. The summed E-state index contributed by atoms with van der Waals surface area (Å²) in [5.74, 6) is 5.61. The van der Waals surface area contributed by atoms with Gasteiger partial charge in [0.15, 0.2) is 0 Å². The third kappa shape index (κ3) is 3.82. The van der Waals surface area contributed by atoms with Crippen molar-refractivity contribution in [1.82, 2.24) is 14.8 Å². The molecule has 0 radical (unpaired) electrons. The van der Waals surface area contributed by atoms with Gasteiger partial charge in [-0.1, -0.05) is 18.1 Å². The van der Waals surface area contributed by atoms with Crippen LogP contribution >= 0.6 is 0 Å². The van der Waals surface area contributed by atoms with E-state index in [-0.39, 0.29) is 11.4 Å². The fourth-order valence-electron chi connectivity index (χ4n) is 2.74. The summed E-state index contributed by atoms with van der Waals surface area (Å²) in [6.45, 7) is 7.57. The van der Waals surface area contributed by atoms with Crippen LogP contribution in [-0.2, 0) is 0 Å². The quantitative estimate of drug-likeness (QED) is 0.687. The first-order chi connectivity index (χ1) is 12.9. The molecule has 0 bridgehead atoms. The first-order valence-electron chi connectivity index (χ1n) is 8.47. The van der Waals surface area contributed by atoms with E-state index < -0.39 is 5.97 Å². The summed E-state index contributed by atoms with van der Waals surface area (Å²) >= 11 is 0. The Balaban J connectivity index is 2.16. The van der Waals surface area contributed by atoms with Crippen LogP contribution in [0.25, 0.3) is 5.69 Å². The molecule has 27 heavy (non-hydrogen) atoms. The summed E-state index contributed by atoms with van der Waals surface area (Å²) in [7, 11) is 0. The predicted octanol–water partition coefficient (Wildman–Crippen LogP) is 4.01. The van der Waals surface area contributed by atoms with Crippen molar-refractivity contribution in [2.45, 2.75) is 27.7 Å². The number of aromatic nitrogens is 3. The van der Waals surface area contributed by atoms with Gasteiger partial charge in [-0.25, -0.2) is 14.5 Å². The van der Waals surface area contributed by atoms with Gasteiger partial charge in [0.25, 0.3) is 0 Å². The third-order valence-corrected chi connectivity index (χ3v) is 4.07. The van der Waals surface area contributed by atoms with Crippen molar-refractivity contribution in [3.05, 3.63) is 64.5 Å². The van der Waals surface area contributed by atoms with Crippen LogP contribution in [0, 0.1) is 32.6 Å². The molecule has 6 nitrogen and oxygen atoms in total. The molecule has 6 heteroatoms. The van der Waals surface area contributed by atoms with Gasteiger partial charge in [0.2, 0.25) is 0 Å². The van der Waals surface area contributed by atoms with E-state index >= 15 is 0 Å². The van der Waals surface area contributed by atoms with E-state index in [9.17, 15) is 9.90 Å². The highest BCUT2D eigenvalue weighted by Crippen LogP contribution is 2.25. The second kappa shape index (κ2) is 7.34. The van der Waals surface area contributed by atoms with Crippen molar-refractivity contribution in [2.24, 2.45) is 0 Å². The molecule has 0 atom stereocenters. The van der Waals surface area contributed by atoms with Crippen molar-refractivity contribution in [3.8, 4) is 17.5 Å². The van der Waals surface area contributed by atoms with Crippen LogP contribution in [0.2, 0.25) is 0 Å². The van der Waals surface area contributed by atoms with Gasteiger partial charge in [-0.2, -0.15) is 5.10 Å². The van der Waals surface area contributed by atoms with Crippen LogP contribution in [-0.4, -0.2) is 25.8 Å². The number of hydrogen-bond acceptors (Lipinski definition) is 4. The Hall–Kier alpha value is -3.59. The molecular weight excluding hydrogens is 340 g/mol. The highest BCUT2D eigenvalue weighted by atomic mass is 16.4. The minimum absolute atomic E-state index is 0.0949. The first-order valence-corrected chi connectivity index (χ1v) is 8.47. The molecule has 2 N–H and O–H groups in total. The molecule has 0 spiro atoms. The lowest BCUT2D eigenvalue weighted by Gasteiger charge is -2.13. The number of carboxylic acids is 1. The van der Waals surface area contributed by atoms with E-state index in [0.29, 0.717) is 17.2 Å². The van der Waals surface area contributed by atoms with E-state index in [1.807, 2.05) is 39.0 Å². The standard InChI is InChI=1S/C21H20N4O2/c1-5-6-16-12-19(23-20-17(21(26)27)10-9-15(4)22-20)25(24-16)18-11-13(2)7-8-14(18)3/h7-12H,1-4H3,(H,22,23)(H,26,27). The Bertz CT molecular complexity index is 1090. The second-order valence-corrected chi connectivity index (χ2v) is 6.27. The highest BCUT2D eigenvalue weighted by Gasteiger charge is 2.16. The van der Waals surface area contributed by atoms with E-state index in [0.717, 1.165) is 16.8 Å². The molecule has 3 rings (SSSR count). The smallest absolute Gasteiger partial charge is 0.339 e. The van der Waals surface area contributed by atoms with Crippen molar-refractivity contribution >= 4 is 17.6 Å². The largest absolute Gasteiger partial charge is 0.478 e. The molecule has 0 amide bonds. The van der Waals surface area contributed by atoms with Crippen molar-refractivity contribution in [3.63, 3.8) is 0 Å². The molecule has 1 aromatic carbocycles. The number of anilines is 2. The molecule has 0 aliphatic carbocycles. The Morgan fingerprint density at radius 1 is 1.15 bits per heavy atom. The molecule has 0 aliphatic rings. The zero-order chi connectivity index (χ0) is 19.6. The van der Waals surface area contributed by atoms with Crippen LogP contribution in [0.5, 0.6) is 0 Å². The van der Waals surface area contributed by atoms with Crippen LogP contribution in [0.4, 0.5) is 11.6 Å². The summed E-state index contributed by atoms with van der Waals surface area (Å²) in [4.78, 5) is 15.9. The molecule has 136 valence electrons. The van der Waals surface area contributed by atoms with Gasteiger partial charge in [0.05, 0.1) is 5.69 Å². The summed E-state index contributed by atoms with van der Waals surface area (Å²) in [5, 5.41) is 17.2. The van der Waals surface area contributed by atoms with Gasteiger partial charge in [0, 0.05) is 11.8 Å². The fraction of sp³-hybridized carbons (Fsp3) is 0.190. The maximum absolute atomic E-state index is 11.6. The number of nitrogens with zero attached hydrogens (tertiary/aromatic N) is 3. The summed E-state index contributed by atoms with van der Waals surface area (Å²) in [5.41, 5.74) is 4.43. The zero-order valence-electron chi connectivity index (χ0n) is 15.7. The number of benzene rings is 1. The molecule has 0 saturated carbocycles. The van der Waals surface area contributed by atoms with Crippen molar-refractivity contribution in [2.75, 3.05) is 5.32 Å². The Morgan fingerprint density at radius 3 is 2.63 bits per heavy atom. The van der Waals surface area contributed by atoms with Crippen LogP contribution in [0.1, 0.15) is 39.8 Å². The lowest BCUT2D eigenvalue weighted by molar-refractivity contribution is 0.0697. The number of carbonyl (C=O) groups is 1. The van der Waals surface area contributed by atoms with Crippen LogP contribution < -0.4 is 5.32 Å². The van der Waals surface area contributed by atoms with Gasteiger partial charge in [-0.15, -0.1) is 0 Å². The average molecular weight is 360 g/mol. The molecule has 0 saturated heterocycles. The number of rotatable bonds is 4. The molecule has 0 fully saturated rings. The second-order valence-electron chi connectivity index (χ2n) is 6.27. The molecule has 0 unspecified atom stereocenters. The molecule has 3 aromatic rings. The lowest BCUT2D eigenvalue weighted by Crippen LogP contribution is -2.09. The minimum Gasteiger partial charge on any atom is -0.478 e. The third-order valence-electron chi connectivity index (χ3n) is 4.07. The van der Waals surface area contributed by atoms with E-state index in [1.165, 1.54) is 0 Å². The number of aromatic carboxylic acids is 1. The van der Waals surface area contributed by atoms with Gasteiger partial charge in [-0.05, 0) is 62.9 Å². The SMILES string of the molecule is CC#Cc1cc(Nc2nc(C)ccc2C(=O)O)n(-c2cc(C)ccc2C)n1. The number of aryl methyl sites for hydroxylation is 3. The fourth-order valence-corrected chi connectivity index (χ4v) is 2.74. The van der Waals surface area contributed by atoms with Crippen LogP contribution in [0.3, 0.4) is 0 Å². The van der Waals surface area contributed by atoms with E-state index in [2.05, 4.69) is 27.2 Å². The number of carboxylic acid groups (broad SMARTS) is 1. The monoisotopic (exact) mass is 360 g/mol. The molecule has 2 aromatic heterocycles. The number of nitrogens with one attached hydrogen (secondary N) is 1. The van der Waals surface area contributed by atoms with Gasteiger partial charge in [-0.3, -0.25) is 0 Å². The van der Waals surface area contributed by atoms with Crippen molar-refractivity contribution in [1.29, 1.82) is 0 Å². The van der Waals surface area contributed by atoms with Crippen LogP contribution in [0.15, 0.2) is 36.4 Å². The van der Waals surface area contributed by atoms with Gasteiger partial charge < -0.3 is 10.4 Å². The Kier molecular flexibility index (Phi) is 4.95. The van der Waals surface area contributed by atoms with Crippen molar-refractivity contribution < 1.29 is 9.90 Å². The zero-order valence-corrected chi connectivity index (χ0v) is 15.7. The predicted molar refractivity (Wildman–Crippen MR) is 105 cm³/mol. The average Bonchev–Trinajstić information content (AvgIpc) is 2.99. The first kappa shape index (κ1) is 18.2. The van der Waals surface area contributed by atoms with Gasteiger partial charge in [0.1, 0.15) is 22.9 Å². The maximum Gasteiger partial charge on any atom is 0.339 e. The Morgan fingerprint density at radius 2 is 1.93 bits per heavy atom. The van der Waals surface area contributed by atoms with E-state index in [1.54, 1.807) is 29.8 Å². The normalized spacial score (nSPS) is 10.2. The number of pyridine rings is 1. The lowest BCUT2D eigenvalue weighted by atomic mass is 10.1. The van der Waals surface area contributed by atoms with E-state index in [4.69, 9.17) is 0 Å². The highest BCUT2D eigenvalue weighted by molar-refractivity contribution is 5.94. The van der Waals surface area contributed by atoms with Gasteiger partial charge >= 0.3 is 5.97 Å².